The number of nitrogens with one attached hydrogen (secondary N) is 1. The first-order valence-electron chi connectivity index (χ1n) is 7.37. The Bertz CT molecular complexity index is 611. The van der Waals surface area contributed by atoms with Gasteiger partial charge in [-0.3, -0.25) is 4.79 Å². The van der Waals surface area contributed by atoms with Crippen molar-refractivity contribution in [2.75, 3.05) is 14.1 Å². The van der Waals surface area contributed by atoms with Crippen molar-refractivity contribution in [3.05, 3.63) is 71.3 Å². The maximum Gasteiger partial charge on any atom is 0.241 e. The fourth-order valence-electron chi connectivity index (χ4n) is 2.31. The van der Waals surface area contributed by atoms with E-state index in [-0.39, 0.29) is 5.91 Å². The van der Waals surface area contributed by atoms with Gasteiger partial charge in [-0.25, -0.2) is 0 Å². The van der Waals surface area contributed by atoms with E-state index >= 15 is 0 Å². The van der Waals surface area contributed by atoms with Gasteiger partial charge < -0.3 is 16.0 Å². The van der Waals surface area contributed by atoms with Gasteiger partial charge in [-0.1, -0.05) is 54.6 Å². The van der Waals surface area contributed by atoms with Crippen molar-refractivity contribution < 1.29 is 4.79 Å². The summed E-state index contributed by atoms with van der Waals surface area (Å²) in [7, 11) is 4.07. The maximum absolute atomic E-state index is 12.1. The molecule has 2 aromatic rings. The van der Waals surface area contributed by atoms with Crippen LogP contribution >= 0.6 is 0 Å². The molecular weight excluding hydrogens is 274 g/mol. The van der Waals surface area contributed by atoms with Gasteiger partial charge in [0.2, 0.25) is 5.91 Å². The van der Waals surface area contributed by atoms with Crippen LogP contribution in [0.4, 0.5) is 0 Å². The third-order valence-electron chi connectivity index (χ3n) is 3.40. The van der Waals surface area contributed by atoms with Crippen LogP contribution in [0.15, 0.2) is 54.6 Å². The van der Waals surface area contributed by atoms with Crippen molar-refractivity contribution in [1.82, 2.24) is 10.2 Å². The summed E-state index contributed by atoms with van der Waals surface area (Å²) in [4.78, 5) is 14.2. The summed E-state index contributed by atoms with van der Waals surface area (Å²) < 4.78 is 0. The fourth-order valence-corrected chi connectivity index (χ4v) is 2.31. The molecule has 0 aliphatic carbocycles. The molecule has 2 rings (SSSR count). The molecule has 2 aromatic carbocycles. The van der Waals surface area contributed by atoms with Crippen molar-refractivity contribution in [3.8, 4) is 0 Å². The zero-order valence-corrected chi connectivity index (χ0v) is 13.1. The standard InChI is InChI=1S/C18H23N3O/c1-21(2)13-15-8-6-7-14(11-15)12-20-18(22)17(19)16-9-4-3-5-10-16/h3-11,17H,12-13,19H2,1-2H3,(H,20,22). The van der Waals surface area contributed by atoms with Crippen LogP contribution in [0.25, 0.3) is 0 Å². The van der Waals surface area contributed by atoms with Gasteiger partial charge in [0.25, 0.3) is 0 Å². The highest BCUT2D eigenvalue weighted by molar-refractivity contribution is 5.82. The van der Waals surface area contributed by atoms with Crippen LogP contribution in [0.5, 0.6) is 0 Å². The number of carbonyl (C=O) groups is 1. The number of rotatable bonds is 6. The van der Waals surface area contributed by atoms with Gasteiger partial charge in [-0.05, 0) is 30.8 Å². The van der Waals surface area contributed by atoms with Gasteiger partial charge in [0.15, 0.2) is 0 Å². The minimum atomic E-state index is -0.633. The molecule has 0 fully saturated rings. The maximum atomic E-state index is 12.1. The van der Waals surface area contributed by atoms with E-state index in [1.54, 1.807) is 0 Å². The molecule has 3 N–H and O–H groups in total. The Kier molecular flexibility index (Phi) is 5.69. The molecule has 0 saturated heterocycles. The average Bonchev–Trinajstić information content (AvgIpc) is 2.52. The van der Waals surface area contributed by atoms with Gasteiger partial charge in [0.05, 0.1) is 0 Å². The number of benzene rings is 2. The lowest BCUT2D eigenvalue weighted by atomic mass is 10.1. The van der Waals surface area contributed by atoms with E-state index in [0.29, 0.717) is 6.54 Å². The Morgan fingerprint density at radius 3 is 2.45 bits per heavy atom. The predicted molar refractivity (Wildman–Crippen MR) is 89.1 cm³/mol. The van der Waals surface area contributed by atoms with E-state index in [1.807, 2.05) is 56.6 Å². The smallest absolute Gasteiger partial charge is 0.241 e. The fraction of sp³-hybridized carbons (Fsp3) is 0.278. The third-order valence-corrected chi connectivity index (χ3v) is 3.40. The summed E-state index contributed by atoms with van der Waals surface area (Å²) in [5.74, 6) is -0.163. The molecule has 0 heterocycles. The van der Waals surface area contributed by atoms with Crippen molar-refractivity contribution in [1.29, 1.82) is 0 Å². The molecule has 22 heavy (non-hydrogen) atoms. The average molecular weight is 297 g/mol. The summed E-state index contributed by atoms with van der Waals surface area (Å²) in [5.41, 5.74) is 9.10. The molecule has 1 atom stereocenters. The Hall–Kier alpha value is -2.17. The van der Waals surface area contributed by atoms with Crippen molar-refractivity contribution in [3.63, 3.8) is 0 Å². The van der Waals surface area contributed by atoms with Crippen molar-refractivity contribution in [2.45, 2.75) is 19.1 Å². The van der Waals surface area contributed by atoms with Gasteiger partial charge in [-0.2, -0.15) is 0 Å². The molecule has 116 valence electrons. The second-order valence-corrected chi connectivity index (χ2v) is 5.66. The van der Waals surface area contributed by atoms with Crippen molar-refractivity contribution >= 4 is 5.91 Å². The lowest BCUT2D eigenvalue weighted by molar-refractivity contribution is -0.122. The van der Waals surface area contributed by atoms with Crippen molar-refractivity contribution in [2.24, 2.45) is 5.73 Å². The first-order valence-corrected chi connectivity index (χ1v) is 7.37. The molecule has 0 aliphatic rings. The quantitative estimate of drug-likeness (QED) is 0.858. The Balaban J connectivity index is 1.93. The Morgan fingerprint density at radius 1 is 1.09 bits per heavy atom. The molecule has 4 nitrogen and oxygen atoms in total. The predicted octanol–water partition coefficient (Wildman–Crippen LogP) is 2.06. The number of carbonyl (C=O) groups excluding carboxylic acids is 1. The van der Waals surface area contributed by atoms with Crippen LogP contribution in [-0.4, -0.2) is 24.9 Å². The van der Waals surface area contributed by atoms with Gasteiger partial charge in [0, 0.05) is 13.1 Å². The van der Waals surface area contributed by atoms with Crippen LogP contribution in [0.3, 0.4) is 0 Å². The van der Waals surface area contributed by atoms with Gasteiger partial charge in [-0.15, -0.1) is 0 Å². The monoisotopic (exact) mass is 297 g/mol. The van der Waals surface area contributed by atoms with E-state index < -0.39 is 6.04 Å². The second-order valence-electron chi connectivity index (χ2n) is 5.66. The molecule has 0 spiro atoms. The molecule has 0 bridgehead atoms. The van der Waals surface area contributed by atoms with E-state index in [1.165, 1.54) is 5.56 Å². The minimum absolute atomic E-state index is 0.163. The van der Waals surface area contributed by atoms with Crippen LogP contribution in [0.2, 0.25) is 0 Å². The third kappa shape index (κ3) is 4.69. The number of hydrogen-bond acceptors (Lipinski definition) is 3. The molecule has 1 amide bonds. The first-order chi connectivity index (χ1) is 10.6. The summed E-state index contributed by atoms with van der Waals surface area (Å²) in [6.07, 6.45) is 0. The highest BCUT2D eigenvalue weighted by Crippen LogP contribution is 2.11. The van der Waals surface area contributed by atoms with E-state index in [0.717, 1.165) is 17.7 Å². The molecule has 4 heteroatoms. The SMILES string of the molecule is CN(C)Cc1cccc(CNC(=O)C(N)c2ccccc2)c1. The highest BCUT2D eigenvalue weighted by atomic mass is 16.2. The normalized spacial score (nSPS) is 12.2. The van der Waals surface area contributed by atoms with Crippen LogP contribution in [-0.2, 0) is 17.9 Å². The van der Waals surface area contributed by atoms with Crippen LogP contribution in [0, 0.1) is 0 Å². The molecular formula is C18H23N3O. The highest BCUT2D eigenvalue weighted by Gasteiger charge is 2.14. The zero-order chi connectivity index (χ0) is 15.9. The lowest BCUT2D eigenvalue weighted by Gasteiger charge is -2.14. The van der Waals surface area contributed by atoms with E-state index in [2.05, 4.69) is 22.3 Å². The lowest BCUT2D eigenvalue weighted by Crippen LogP contribution is -2.33. The second kappa shape index (κ2) is 7.73. The van der Waals surface area contributed by atoms with E-state index in [9.17, 15) is 4.79 Å². The first kappa shape index (κ1) is 16.2. The zero-order valence-electron chi connectivity index (χ0n) is 13.1. The summed E-state index contributed by atoms with van der Waals surface area (Å²) in [6.45, 7) is 1.37. The number of hydrogen-bond donors (Lipinski definition) is 2. The number of nitrogens with zero attached hydrogens (tertiary/aromatic N) is 1. The molecule has 1 unspecified atom stereocenters. The largest absolute Gasteiger partial charge is 0.350 e. The van der Waals surface area contributed by atoms with Gasteiger partial charge in [0.1, 0.15) is 6.04 Å². The minimum Gasteiger partial charge on any atom is -0.350 e. The molecule has 0 radical (unpaired) electrons. The molecule has 0 aliphatic heterocycles. The topological polar surface area (TPSA) is 58.4 Å². The Morgan fingerprint density at radius 2 is 1.77 bits per heavy atom. The molecule has 0 aromatic heterocycles. The van der Waals surface area contributed by atoms with Crippen LogP contribution < -0.4 is 11.1 Å². The van der Waals surface area contributed by atoms with Crippen LogP contribution in [0.1, 0.15) is 22.7 Å². The summed E-state index contributed by atoms with van der Waals surface area (Å²) >= 11 is 0. The molecule has 0 saturated carbocycles. The van der Waals surface area contributed by atoms with Gasteiger partial charge >= 0.3 is 0 Å². The Labute approximate surface area is 131 Å². The number of amides is 1. The van der Waals surface area contributed by atoms with E-state index in [4.69, 9.17) is 5.73 Å². The number of nitrogens with two attached hydrogens (primary N) is 1. The summed E-state index contributed by atoms with van der Waals surface area (Å²) in [6, 6.07) is 17.0. The summed E-state index contributed by atoms with van der Waals surface area (Å²) in [5, 5.41) is 2.90.